The molecule has 0 bridgehead atoms. The Labute approximate surface area is 127 Å². The molecule has 4 nitrogen and oxygen atoms in total. The molecule has 2 aromatic carbocycles. The number of halogens is 1. The fourth-order valence-electron chi connectivity index (χ4n) is 1.74. The topological polar surface area (TPSA) is 59.3 Å². The van der Waals surface area contributed by atoms with Crippen molar-refractivity contribution in [2.24, 2.45) is 0 Å². The first-order valence-corrected chi connectivity index (χ1v) is 6.49. The fourth-order valence-corrected chi connectivity index (χ4v) is 1.96. The highest BCUT2D eigenvalue weighted by atomic mass is 35.5. The Balaban J connectivity index is 2.34. The Morgan fingerprint density at radius 3 is 2.48 bits per heavy atom. The van der Waals surface area contributed by atoms with Crippen molar-refractivity contribution in [1.82, 2.24) is 0 Å². The van der Waals surface area contributed by atoms with E-state index >= 15 is 0 Å². The van der Waals surface area contributed by atoms with Crippen molar-refractivity contribution in [3.63, 3.8) is 0 Å². The Morgan fingerprint density at radius 1 is 1.19 bits per heavy atom. The molecule has 2 aromatic rings. The number of hydrogen-bond acceptors (Lipinski definition) is 4. The van der Waals surface area contributed by atoms with Crippen LogP contribution >= 0.6 is 11.6 Å². The van der Waals surface area contributed by atoms with Crippen molar-refractivity contribution in [1.29, 1.82) is 5.26 Å². The van der Waals surface area contributed by atoms with Gasteiger partial charge in [-0.25, -0.2) is 0 Å². The number of ketones is 1. The number of nitrogens with zero attached hydrogens (tertiary/aromatic N) is 1. The number of carbonyl (C=O) groups excluding carboxylic acids is 1. The number of carbonyl (C=O) groups is 1. The van der Waals surface area contributed by atoms with Gasteiger partial charge in [-0.3, -0.25) is 4.79 Å². The van der Waals surface area contributed by atoms with Crippen LogP contribution in [0.25, 0.3) is 0 Å². The quantitative estimate of drug-likeness (QED) is 0.793. The van der Waals surface area contributed by atoms with Gasteiger partial charge >= 0.3 is 0 Å². The zero-order valence-corrected chi connectivity index (χ0v) is 12.3. The van der Waals surface area contributed by atoms with Crippen LogP contribution in [0.4, 0.5) is 0 Å². The van der Waals surface area contributed by atoms with Crippen LogP contribution in [0, 0.1) is 11.3 Å². The molecule has 0 aliphatic carbocycles. The highest BCUT2D eigenvalue weighted by Gasteiger charge is 2.09. The number of Topliss-reactive ketones (excluding diaryl/α,β-unsaturated/α-hetero) is 1. The van der Waals surface area contributed by atoms with Crippen LogP contribution < -0.4 is 9.47 Å². The van der Waals surface area contributed by atoms with Crippen molar-refractivity contribution in [2.45, 2.75) is 6.92 Å². The Morgan fingerprint density at radius 2 is 1.90 bits per heavy atom. The van der Waals surface area contributed by atoms with Crippen molar-refractivity contribution in [3.05, 3.63) is 52.5 Å². The van der Waals surface area contributed by atoms with Crippen LogP contribution in [0.2, 0.25) is 5.02 Å². The summed E-state index contributed by atoms with van der Waals surface area (Å²) in [5.74, 6) is 1.28. The van der Waals surface area contributed by atoms with Gasteiger partial charge in [0.25, 0.3) is 0 Å². The third kappa shape index (κ3) is 3.53. The third-order valence-electron chi connectivity index (χ3n) is 2.81. The van der Waals surface area contributed by atoms with Crippen LogP contribution in [0.5, 0.6) is 17.2 Å². The summed E-state index contributed by atoms with van der Waals surface area (Å²) in [6, 6.07) is 11.7. The fraction of sp³-hybridized carbons (Fsp3) is 0.125. The molecule has 5 heteroatoms. The van der Waals surface area contributed by atoms with Gasteiger partial charge in [0.1, 0.15) is 17.2 Å². The Hall–Kier alpha value is -2.51. The van der Waals surface area contributed by atoms with Crippen LogP contribution in [0.1, 0.15) is 22.8 Å². The minimum atomic E-state index is -0.0726. The molecule has 0 aromatic heterocycles. The zero-order chi connectivity index (χ0) is 15.4. The average Bonchev–Trinajstić information content (AvgIpc) is 2.48. The summed E-state index contributed by atoms with van der Waals surface area (Å²) in [7, 11) is 1.51. The van der Waals surface area contributed by atoms with Crippen molar-refractivity contribution >= 4 is 17.4 Å². The molecule has 21 heavy (non-hydrogen) atoms. The standard InChI is InChI=1S/C16H12ClNO3/c1-10(19)12-3-4-16(15(17)7-12)21-14-6-11(9-18)5-13(8-14)20-2/h3-8H,1-2H3. The molecule has 0 atom stereocenters. The maximum absolute atomic E-state index is 11.3. The molecule has 0 aliphatic heterocycles. The smallest absolute Gasteiger partial charge is 0.159 e. The summed E-state index contributed by atoms with van der Waals surface area (Å²) < 4.78 is 10.8. The SMILES string of the molecule is COc1cc(C#N)cc(Oc2ccc(C(C)=O)cc2Cl)c1. The second-order valence-corrected chi connectivity index (χ2v) is 4.72. The van der Waals surface area contributed by atoms with Crippen LogP contribution in [0.3, 0.4) is 0 Å². The molecule has 0 fully saturated rings. The second kappa shape index (κ2) is 6.29. The number of nitriles is 1. The predicted molar refractivity (Wildman–Crippen MR) is 79.2 cm³/mol. The molecule has 0 aliphatic rings. The third-order valence-corrected chi connectivity index (χ3v) is 3.11. The minimum absolute atomic E-state index is 0.0726. The molecule has 0 unspecified atom stereocenters. The molecule has 2 rings (SSSR count). The van der Waals surface area contributed by atoms with E-state index in [2.05, 4.69) is 0 Å². The van der Waals surface area contributed by atoms with Crippen molar-refractivity contribution in [2.75, 3.05) is 7.11 Å². The van der Waals surface area contributed by atoms with Gasteiger partial charge in [-0.05, 0) is 37.3 Å². The molecule has 0 saturated heterocycles. The molecule has 0 N–H and O–H groups in total. The van der Waals surface area contributed by atoms with Gasteiger partial charge in [-0.1, -0.05) is 11.6 Å². The molecule has 106 valence electrons. The van der Waals surface area contributed by atoms with E-state index in [1.807, 2.05) is 6.07 Å². The van der Waals surface area contributed by atoms with Crippen molar-refractivity contribution in [3.8, 4) is 23.3 Å². The molecular weight excluding hydrogens is 290 g/mol. The lowest BCUT2D eigenvalue weighted by Crippen LogP contribution is -1.93. The first-order valence-electron chi connectivity index (χ1n) is 6.11. The number of methoxy groups -OCH3 is 1. The maximum atomic E-state index is 11.3. The van der Waals surface area contributed by atoms with Gasteiger partial charge in [0.05, 0.1) is 23.8 Å². The molecule has 0 saturated carbocycles. The van der Waals surface area contributed by atoms with Crippen LogP contribution in [0.15, 0.2) is 36.4 Å². The molecule has 0 heterocycles. The monoisotopic (exact) mass is 301 g/mol. The van der Waals surface area contributed by atoms with E-state index in [9.17, 15) is 4.79 Å². The first kappa shape index (κ1) is 14.9. The summed E-state index contributed by atoms with van der Waals surface area (Å²) >= 11 is 6.10. The van der Waals surface area contributed by atoms with Crippen molar-refractivity contribution < 1.29 is 14.3 Å². The lowest BCUT2D eigenvalue weighted by atomic mass is 10.1. The molecule has 0 amide bonds. The van der Waals surface area contributed by atoms with E-state index < -0.39 is 0 Å². The Kier molecular flexibility index (Phi) is 4.46. The van der Waals surface area contributed by atoms with Crippen LogP contribution in [-0.4, -0.2) is 12.9 Å². The van der Waals surface area contributed by atoms with Gasteiger partial charge in [0.2, 0.25) is 0 Å². The summed E-state index contributed by atoms with van der Waals surface area (Å²) in [4.78, 5) is 11.3. The minimum Gasteiger partial charge on any atom is -0.497 e. The summed E-state index contributed by atoms with van der Waals surface area (Å²) in [5, 5.41) is 9.30. The van der Waals surface area contributed by atoms with Gasteiger partial charge < -0.3 is 9.47 Å². The molecular formula is C16H12ClNO3. The Bertz CT molecular complexity index is 735. The lowest BCUT2D eigenvalue weighted by Gasteiger charge is -2.10. The molecule has 0 spiro atoms. The highest BCUT2D eigenvalue weighted by molar-refractivity contribution is 6.32. The normalized spacial score (nSPS) is 9.81. The number of ether oxygens (including phenoxy) is 2. The van der Waals surface area contributed by atoms with Gasteiger partial charge in [-0.2, -0.15) is 5.26 Å². The van der Waals surface area contributed by atoms with E-state index in [-0.39, 0.29) is 5.78 Å². The van der Waals surface area contributed by atoms with E-state index in [0.717, 1.165) is 0 Å². The largest absolute Gasteiger partial charge is 0.497 e. The highest BCUT2D eigenvalue weighted by Crippen LogP contribution is 2.32. The number of rotatable bonds is 4. The van der Waals surface area contributed by atoms with E-state index in [1.54, 1.807) is 36.4 Å². The van der Waals surface area contributed by atoms with Gasteiger partial charge in [-0.15, -0.1) is 0 Å². The summed E-state index contributed by atoms with van der Waals surface area (Å²) in [6.07, 6.45) is 0. The average molecular weight is 302 g/mol. The van der Waals surface area contributed by atoms with E-state index in [4.69, 9.17) is 26.3 Å². The first-order chi connectivity index (χ1) is 10.0. The van der Waals surface area contributed by atoms with Crippen LogP contribution in [-0.2, 0) is 0 Å². The summed E-state index contributed by atoms with van der Waals surface area (Å²) in [6.45, 7) is 1.47. The van der Waals surface area contributed by atoms with Gasteiger partial charge in [0.15, 0.2) is 5.78 Å². The van der Waals surface area contributed by atoms with E-state index in [1.165, 1.54) is 14.0 Å². The van der Waals surface area contributed by atoms with E-state index in [0.29, 0.717) is 33.4 Å². The lowest BCUT2D eigenvalue weighted by molar-refractivity contribution is 0.101. The number of benzene rings is 2. The zero-order valence-electron chi connectivity index (χ0n) is 11.5. The number of hydrogen-bond donors (Lipinski definition) is 0. The summed E-state index contributed by atoms with van der Waals surface area (Å²) in [5.41, 5.74) is 0.927. The van der Waals surface area contributed by atoms with Gasteiger partial charge in [0, 0.05) is 11.6 Å². The predicted octanol–water partition coefficient (Wildman–Crippen LogP) is 4.22. The molecule has 0 radical (unpaired) electrons. The maximum Gasteiger partial charge on any atom is 0.159 e. The second-order valence-electron chi connectivity index (χ2n) is 4.31.